The number of para-hydroxylation sites is 1. The molecule has 2 N–H and O–H groups in total. The standard InChI is InChI=1S/C24H28N4O2/c1-25-24(27-16-20-17-29-23(28-20)18-9-3-2-4-10-18)26-15-19-11-5-8-14-22(19)30-21-12-6-7-13-21/h2-5,8-11,14,17,21H,6-7,12-13,15-16H2,1H3,(H2,25,26,27). The molecule has 2 aromatic carbocycles. The van der Waals surface area contributed by atoms with E-state index in [1.165, 1.54) is 12.8 Å². The third-order valence-corrected chi connectivity index (χ3v) is 5.25. The van der Waals surface area contributed by atoms with Crippen molar-refractivity contribution in [3.8, 4) is 17.2 Å². The Bertz CT molecular complexity index is 962. The number of aliphatic imine (C=N–C) groups is 1. The molecule has 156 valence electrons. The van der Waals surface area contributed by atoms with Crippen molar-refractivity contribution in [3.05, 3.63) is 72.1 Å². The van der Waals surface area contributed by atoms with Gasteiger partial charge in [0.15, 0.2) is 5.96 Å². The van der Waals surface area contributed by atoms with E-state index in [4.69, 9.17) is 9.15 Å². The lowest BCUT2D eigenvalue weighted by molar-refractivity contribution is 0.208. The Labute approximate surface area is 177 Å². The number of hydrogen-bond acceptors (Lipinski definition) is 4. The van der Waals surface area contributed by atoms with Crippen molar-refractivity contribution in [2.75, 3.05) is 7.05 Å². The van der Waals surface area contributed by atoms with Crippen LogP contribution in [0.15, 0.2) is 70.3 Å². The molecule has 30 heavy (non-hydrogen) atoms. The quantitative estimate of drug-likeness (QED) is 0.447. The van der Waals surface area contributed by atoms with Crippen LogP contribution in [0.5, 0.6) is 5.75 Å². The highest BCUT2D eigenvalue weighted by molar-refractivity contribution is 5.79. The summed E-state index contributed by atoms with van der Waals surface area (Å²) in [6.07, 6.45) is 6.83. The molecule has 0 spiro atoms. The van der Waals surface area contributed by atoms with Crippen molar-refractivity contribution in [2.45, 2.75) is 44.9 Å². The average Bonchev–Trinajstić information content (AvgIpc) is 3.48. The second-order valence-electron chi connectivity index (χ2n) is 7.42. The van der Waals surface area contributed by atoms with Crippen molar-refractivity contribution in [1.29, 1.82) is 0 Å². The summed E-state index contributed by atoms with van der Waals surface area (Å²) >= 11 is 0. The molecule has 1 saturated carbocycles. The molecule has 3 aromatic rings. The molecule has 0 atom stereocenters. The highest BCUT2D eigenvalue weighted by Crippen LogP contribution is 2.26. The maximum atomic E-state index is 6.22. The van der Waals surface area contributed by atoms with Crippen LogP contribution in [0.1, 0.15) is 36.9 Å². The number of nitrogens with zero attached hydrogens (tertiary/aromatic N) is 2. The first-order chi connectivity index (χ1) is 14.8. The Morgan fingerprint density at radius 2 is 1.77 bits per heavy atom. The molecule has 1 fully saturated rings. The van der Waals surface area contributed by atoms with Gasteiger partial charge in [-0.15, -0.1) is 0 Å². The van der Waals surface area contributed by atoms with Crippen molar-refractivity contribution in [2.24, 2.45) is 4.99 Å². The van der Waals surface area contributed by atoms with Gasteiger partial charge in [-0.05, 0) is 43.9 Å². The largest absolute Gasteiger partial charge is 0.490 e. The first-order valence-corrected chi connectivity index (χ1v) is 10.5. The Hall–Kier alpha value is -3.28. The molecule has 1 aliphatic rings. The molecule has 0 unspecified atom stereocenters. The van der Waals surface area contributed by atoms with E-state index in [0.29, 0.717) is 31.0 Å². The molecule has 1 heterocycles. The second kappa shape index (κ2) is 9.96. The Kier molecular flexibility index (Phi) is 6.65. The number of guanidine groups is 1. The smallest absolute Gasteiger partial charge is 0.226 e. The van der Waals surface area contributed by atoms with E-state index >= 15 is 0 Å². The number of nitrogens with one attached hydrogen (secondary N) is 2. The van der Waals surface area contributed by atoms with Gasteiger partial charge in [-0.1, -0.05) is 36.4 Å². The molecule has 6 nitrogen and oxygen atoms in total. The number of ether oxygens (including phenoxy) is 1. The van der Waals surface area contributed by atoms with Crippen LogP contribution < -0.4 is 15.4 Å². The maximum Gasteiger partial charge on any atom is 0.226 e. The van der Waals surface area contributed by atoms with E-state index in [1.807, 2.05) is 48.5 Å². The van der Waals surface area contributed by atoms with E-state index in [1.54, 1.807) is 13.3 Å². The van der Waals surface area contributed by atoms with Crippen molar-refractivity contribution < 1.29 is 9.15 Å². The van der Waals surface area contributed by atoms with Crippen LogP contribution in [0.3, 0.4) is 0 Å². The average molecular weight is 405 g/mol. The van der Waals surface area contributed by atoms with Crippen LogP contribution in [0.25, 0.3) is 11.5 Å². The van der Waals surface area contributed by atoms with Crippen molar-refractivity contribution in [3.63, 3.8) is 0 Å². The van der Waals surface area contributed by atoms with Crippen LogP contribution >= 0.6 is 0 Å². The number of aromatic nitrogens is 1. The fourth-order valence-corrected chi connectivity index (χ4v) is 3.63. The minimum atomic E-state index is 0.342. The van der Waals surface area contributed by atoms with Gasteiger partial charge in [0.1, 0.15) is 12.0 Å². The third-order valence-electron chi connectivity index (χ3n) is 5.25. The zero-order valence-electron chi connectivity index (χ0n) is 17.3. The number of oxazole rings is 1. The Morgan fingerprint density at radius 3 is 2.57 bits per heavy atom. The normalized spacial score (nSPS) is 14.6. The monoisotopic (exact) mass is 404 g/mol. The third kappa shape index (κ3) is 5.20. The fourth-order valence-electron chi connectivity index (χ4n) is 3.63. The summed E-state index contributed by atoms with van der Waals surface area (Å²) < 4.78 is 11.8. The van der Waals surface area contributed by atoms with Gasteiger partial charge >= 0.3 is 0 Å². The van der Waals surface area contributed by atoms with Gasteiger partial charge < -0.3 is 19.8 Å². The first-order valence-electron chi connectivity index (χ1n) is 10.5. The van der Waals surface area contributed by atoms with Crippen LogP contribution in [0.4, 0.5) is 0 Å². The summed E-state index contributed by atoms with van der Waals surface area (Å²) in [6.45, 7) is 1.16. The zero-order chi connectivity index (χ0) is 20.6. The predicted octanol–water partition coefficient (Wildman–Crippen LogP) is 4.53. The van der Waals surface area contributed by atoms with E-state index in [0.717, 1.165) is 35.4 Å². The number of benzene rings is 2. The molecular formula is C24H28N4O2. The van der Waals surface area contributed by atoms with E-state index in [-0.39, 0.29) is 0 Å². The molecule has 0 radical (unpaired) electrons. The zero-order valence-corrected chi connectivity index (χ0v) is 17.3. The lowest BCUT2D eigenvalue weighted by atomic mass is 10.2. The van der Waals surface area contributed by atoms with Gasteiger partial charge in [0, 0.05) is 24.7 Å². The minimum absolute atomic E-state index is 0.342. The minimum Gasteiger partial charge on any atom is -0.490 e. The highest BCUT2D eigenvalue weighted by atomic mass is 16.5. The summed E-state index contributed by atoms with van der Waals surface area (Å²) in [6, 6.07) is 18.1. The Morgan fingerprint density at radius 1 is 1.03 bits per heavy atom. The Balaban J connectivity index is 1.31. The van der Waals surface area contributed by atoms with E-state index in [9.17, 15) is 0 Å². The molecule has 0 saturated heterocycles. The van der Waals surface area contributed by atoms with Crippen LogP contribution in [0, 0.1) is 0 Å². The van der Waals surface area contributed by atoms with Crippen LogP contribution in [0.2, 0.25) is 0 Å². The highest BCUT2D eigenvalue weighted by Gasteiger charge is 2.17. The van der Waals surface area contributed by atoms with Gasteiger partial charge in [-0.3, -0.25) is 4.99 Å². The number of hydrogen-bond donors (Lipinski definition) is 2. The van der Waals surface area contributed by atoms with Crippen LogP contribution in [-0.4, -0.2) is 24.1 Å². The summed E-state index contributed by atoms with van der Waals surface area (Å²) in [4.78, 5) is 8.86. The summed E-state index contributed by atoms with van der Waals surface area (Å²) in [5.41, 5.74) is 2.91. The van der Waals surface area contributed by atoms with Gasteiger partial charge in [0.25, 0.3) is 0 Å². The van der Waals surface area contributed by atoms with Crippen molar-refractivity contribution >= 4 is 5.96 Å². The van der Waals surface area contributed by atoms with Gasteiger partial charge in [-0.25, -0.2) is 4.98 Å². The second-order valence-corrected chi connectivity index (χ2v) is 7.42. The summed E-state index contributed by atoms with van der Waals surface area (Å²) in [5, 5.41) is 6.65. The van der Waals surface area contributed by atoms with Crippen LogP contribution in [-0.2, 0) is 13.1 Å². The topological polar surface area (TPSA) is 71.7 Å². The predicted molar refractivity (Wildman–Crippen MR) is 118 cm³/mol. The lowest BCUT2D eigenvalue weighted by Gasteiger charge is -2.17. The van der Waals surface area contributed by atoms with Gasteiger partial charge in [-0.2, -0.15) is 0 Å². The fraction of sp³-hybridized carbons (Fsp3) is 0.333. The molecule has 4 rings (SSSR count). The lowest BCUT2D eigenvalue weighted by Crippen LogP contribution is -2.36. The first kappa shape index (κ1) is 20.0. The van der Waals surface area contributed by atoms with E-state index < -0.39 is 0 Å². The van der Waals surface area contributed by atoms with Crippen molar-refractivity contribution in [1.82, 2.24) is 15.6 Å². The molecule has 0 aliphatic heterocycles. The number of rotatable bonds is 7. The molecule has 6 heteroatoms. The van der Waals surface area contributed by atoms with Gasteiger partial charge in [0.2, 0.25) is 5.89 Å². The van der Waals surface area contributed by atoms with E-state index in [2.05, 4.69) is 26.7 Å². The molecule has 1 aliphatic carbocycles. The molecule has 1 aromatic heterocycles. The maximum absolute atomic E-state index is 6.22. The molecular weight excluding hydrogens is 376 g/mol. The molecule has 0 bridgehead atoms. The summed E-state index contributed by atoms with van der Waals surface area (Å²) in [7, 11) is 1.76. The summed E-state index contributed by atoms with van der Waals surface area (Å²) in [5.74, 6) is 2.28. The van der Waals surface area contributed by atoms with Gasteiger partial charge in [0.05, 0.1) is 18.3 Å². The molecule has 0 amide bonds. The SMILES string of the molecule is CN=C(NCc1coc(-c2ccccc2)n1)NCc1ccccc1OC1CCCC1.